The minimum Gasteiger partial charge on any atom is -0.496 e. The average Bonchev–Trinajstić information content (AvgIpc) is 3.70. The maximum absolute atomic E-state index is 14.0. The number of nitrogens with zero attached hydrogens (tertiary/aromatic N) is 4. The van der Waals surface area contributed by atoms with Gasteiger partial charge in [-0.2, -0.15) is 16.4 Å². The number of carbonyl (C=O) groups excluding carboxylic acids is 2. The van der Waals surface area contributed by atoms with Gasteiger partial charge in [0.1, 0.15) is 24.2 Å². The summed E-state index contributed by atoms with van der Waals surface area (Å²) in [6, 6.07) is 6.10. The maximum Gasteiger partial charge on any atom is 0.274 e. The van der Waals surface area contributed by atoms with Crippen LogP contribution in [0, 0.1) is 5.92 Å². The number of hydrogen-bond acceptors (Lipinski definition) is 7. The molecule has 10 heteroatoms. The first-order valence-corrected chi connectivity index (χ1v) is 15.1. The van der Waals surface area contributed by atoms with E-state index in [1.807, 2.05) is 37.4 Å². The van der Waals surface area contributed by atoms with E-state index in [0.717, 1.165) is 65.3 Å². The van der Waals surface area contributed by atoms with E-state index in [4.69, 9.17) is 19.3 Å². The van der Waals surface area contributed by atoms with Crippen LogP contribution in [0.25, 0.3) is 16.9 Å². The molecule has 3 aromatic rings. The molecule has 1 unspecified atom stereocenters. The van der Waals surface area contributed by atoms with Crippen molar-refractivity contribution in [3.05, 3.63) is 45.8 Å². The van der Waals surface area contributed by atoms with E-state index in [1.165, 1.54) is 0 Å². The summed E-state index contributed by atoms with van der Waals surface area (Å²) < 4.78 is 19.4. The standard InChI is InChI=1S/C30H36N4O5S/c1-19(2)14-20-15-22-26(16-25(20)37-3)39-17-23-27(31-34(28(22)23)21-7-13-40-18-21)30(36)33-9-5-8-32(10-11-33)29(35)24-6-4-12-38-24/h7,13,15-16,18-19,24H,4-6,8-12,14,17H2,1-3H3. The predicted molar refractivity (Wildman–Crippen MR) is 152 cm³/mol. The van der Waals surface area contributed by atoms with Gasteiger partial charge >= 0.3 is 0 Å². The van der Waals surface area contributed by atoms with E-state index >= 15 is 0 Å². The van der Waals surface area contributed by atoms with E-state index in [2.05, 4.69) is 19.9 Å². The number of carbonyl (C=O) groups is 2. The molecule has 3 aliphatic heterocycles. The number of rotatable bonds is 6. The van der Waals surface area contributed by atoms with E-state index in [1.54, 1.807) is 18.4 Å². The third-order valence-corrected chi connectivity index (χ3v) is 8.55. The first-order valence-electron chi connectivity index (χ1n) is 14.1. The second-order valence-corrected chi connectivity index (χ2v) is 11.9. The number of hydrogen-bond donors (Lipinski definition) is 0. The molecule has 0 N–H and O–H groups in total. The van der Waals surface area contributed by atoms with Gasteiger partial charge in [-0.1, -0.05) is 13.8 Å². The Hall–Kier alpha value is -3.37. The summed E-state index contributed by atoms with van der Waals surface area (Å²) in [6.07, 6.45) is 2.93. The lowest BCUT2D eigenvalue weighted by Gasteiger charge is -2.24. The van der Waals surface area contributed by atoms with E-state index in [9.17, 15) is 9.59 Å². The summed E-state index contributed by atoms with van der Waals surface area (Å²) in [5, 5.41) is 8.96. The van der Waals surface area contributed by atoms with E-state index < -0.39 is 0 Å². The molecule has 0 spiro atoms. The van der Waals surface area contributed by atoms with Gasteiger partial charge in [-0.3, -0.25) is 9.59 Å². The third kappa shape index (κ3) is 4.99. The number of methoxy groups -OCH3 is 1. The number of aromatic nitrogens is 2. The molecule has 0 aliphatic carbocycles. The van der Waals surface area contributed by atoms with Gasteiger partial charge in [-0.15, -0.1) is 0 Å². The zero-order valence-electron chi connectivity index (χ0n) is 23.4. The molecule has 5 heterocycles. The molecule has 6 rings (SSSR count). The quantitative estimate of drug-likeness (QED) is 0.437. The van der Waals surface area contributed by atoms with Crippen LogP contribution < -0.4 is 9.47 Å². The highest BCUT2D eigenvalue weighted by Crippen LogP contribution is 2.44. The minimum atomic E-state index is -0.341. The predicted octanol–water partition coefficient (Wildman–Crippen LogP) is 4.55. The summed E-state index contributed by atoms with van der Waals surface area (Å²) in [7, 11) is 1.68. The molecule has 2 amide bonds. The van der Waals surface area contributed by atoms with Crippen molar-refractivity contribution in [2.75, 3.05) is 39.9 Å². The van der Waals surface area contributed by atoms with Gasteiger partial charge in [0.15, 0.2) is 5.69 Å². The highest BCUT2D eigenvalue weighted by molar-refractivity contribution is 7.08. The summed E-state index contributed by atoms with van der Waals surface area (Å²) in [6.45, 7) is 7.41. The zero-order chi connectivity index (χ0) is 27.8. The number of thiophene rings is 1. The first-order chi connectivity index (χ1) is 19.4. The smallest absolute Gasteiger partial charge is 0.274 e. The Balaban J connectivity index is 1.34. The summed E-state index contributed by atoms with van der Waals surface area (Å²) in [5.74, 6) is 1.90. The van der Waals surface area contributed by atoms with Gasteiger partial charge in [-0.25, -0.2) is 4.68 Å². The van der Waals surface area contributed by atoms with Gasteiger partial charge in [0.05, 0.1) is 18.5 Å². The fourth-order valence-corrected chi connectivity index (χ4v) is 6.53. The lowest BCUT2D eigenvalue weighted by Crippen LogP contribution is -2.42. The Bertz CT molecular complexity index is 1390. The maximum atomic E-state index is 14.0. The van der Waals surface area contributed by atoms with E-state index in [0.29, 0.717) is 44.4 Å². The van der Waals surface area contributed by atoms with Crippen molar-refractivity contribution in [1.29, 1.82) is 0 Å². The van der Waals surface area contributed by atoms with E-state index in [-0.39, 0.29) is 24.5 Å². The van der Waals surface area contributed by atoms with Crippen LogP contribution in [0.15, 0.2) is 29.0 Å². The molecule has 2 fully saturated rings. The molecule has 3 aliphatic rings. The Morgan fingerprint density at radius 2 is 1.98 bits per heavy atom. The Morgan fingerprint density at radius 1 is 1.15 bits per heavy atom. The number of fused-ring (bicyclic) bond motifs is 3. The van der Waals surface area contributed by atoms with Crippen LogP contribution in [0.4, 0.5) is 0 Å². The van der Waals surface area contributed by atoms with Crippen molar-refractivity contribution in [2.24, 2.45) is 5.92 Å². The number of benzene rings is 1. The highest BCUT2D eigenvalue weighted by atomic mass is 32.1. The second-order valence-electron chi connectivity index (χ2n) is 11.1. The Kier molecular flexibility index (Phi) is 7.55. The molecular weight excluding hydrogens is 528 g/mol. The van der Waals surface area contributed by atoms with Crippen molar-refractivity contribution >= 4 is 23.2 Å². The van der Waals surface area contributed by atoms with Crippen LogP contribution in [0.1, 0.15) is 54.7 Å². The summed E-state index contributed by atoms with van der Waals surface area (Å²) in [4.78, 5) is 30.6. The molecule has 2 saturated heterocycles. The monoisotopic (exact) mass is 564 g/mol. The van der Waals surface area contributed by atoms with Crippen molar-refractivity contribution in [2.45, 2.75) is 52.2 Å². The fourth-order valence-electron chi connectivity index (χ4n) is 5.92. The Morgan fingerprint density at radius 3 is 2.70 bits per heavy atom. The number of ether oxygens (including phenoxy) is 3. The van der Waals surface area contributed by atoms with Crippen molar-refractivity contribution < 1.29 is 23.8 Å². The van der Waals surface area contributed by atoms with Crippen molar-refractivity contribution in [3.8, 4) is 28.4 Å². The summed E-state index contributed by atoms with van der Waals surface area (Å²) in [5.41, 5.74) is 5.02. The average molecular weight is 565 g/mol. The zero-order valence-corrected chi connectivity index (χ0v) is 24.2. The second kappa shape index (κ2) is 11.2. The van der Waals surface area contributed by atoms with Crippen LogP contribution in [0.5, 0.6) is 11.5 Å². The van der Waals surface area contributed by atoms with Gasteiger partial charge in [0.2, 0.25) is 0 Å². The molecule has 212 valence electrons. The van der Waals surface area contributed by atoms with Gasteiger partial charge < -0.3 is 24.0 Å². The normalized spacial score (nSPS) is 18.8. The molecule has 9 nitrogen and oxygen atoms in total. The minimum absolute atomic E-state index is 0.0450. The SMILES string of the molecule is COc1cc2c(cc1CC(C)C)-c1c(c(C(=O)N3CCCN(C(=O)C4CCCO4)CC3)nn1-c1ccsc1)CO2. The van der Waals surface area contributed by atoms with Crippen LogP contribution in [-0.4, -0.2) is 77.4 Å². The van der Waals surface area contributed by atoms with Gasteiger partial charge in [0, 0.05) is 55.4 Å². The molecule has 0 saturated carbocycles. The lowest BCUT2D eigenvalue weighted by molar-refractivity contribution is -0.140. The van der Waals surface area contributed by atoms with Gasteiger partial charge in [-0.05, 0) is 54.7 Å². The van der Waals surface area contributed by atoms with Crippen LogP contribution in [0.2, 0.25) is 0 Å². The van der Waals surface area contributed by atoms with Crippen LogP contribution in [-0.2, 0) is 22.6 Å². The topological polar surface area (TPSA) is 86.1 Å². The van der Waals surface area contributed by atoms with Crippen molar-refractivity contribution in [3.63, 3.8) is 0 Å². The van der Waals surface area contributed by atoms with Crippen LogP contribution >= 0.6 is 11.3 Å². The molecule has 1 aromatic carbocycles. The van der Waals surface area contributed by atoms with Crippen molar-refractivity contribution in [1.82, 2.24) is 19.6 Å². The molecule has 2 aromatic heterocycles. The largest absolute Gasteiger partial charge is 0.496 e. The summed E-state index contributed by atoms with van der Waals surface area (Å²) >= 11 is 1.59. The van der Waals surface area contributed by atoms with Crippen LogP contribution in [0.3, 0.4) is 0 Å². The molecule has 1 atom stereocenters. The molecule has 0 bridgehead atoms. The number of amides is 2. The molecule has 0 radical (unpaired) electrons. The first kappa shape index (κ1) is 26.8. The molecular formula is C30H36N4O5S. The van der Waals surface area contributed by atoms with Gasteiger partial charge in [0.25, 0.3) is 11.8 Å². The fraction of sp³-hybridized carbons (Fsp3) is 0.500. The molecule has 40 heavy (non-hydrogen) atoms. The lowest BCUT2D eigenvalue weighted by atomic mass is 9.95. The highest BCUT2D eigenvalue weighted by Gasteiger charge is 2.35. The third-order valence-electron chi connectivity index (χ3n) is 7.87. The Labute approximate surface area is 238 Å².